The van der Waals surface area contributed by atoms with Crippen molar-refractivity contribution in [1.29, 1.82) is 0 Å². The van der Waals surface area contributed by atoms with Crippen molar-refractivity contribution in [3.05, 3.63) is 65.9 Å². The number of para-hydroxylation sites is 1. The SMILES string of the molecule is CCCCN(CC(=O)N(CCc1c[nH]c2ccccc12)Cc1ccc(N(C)C)cc1)C(=O)C1CC1. The molecule has 0 unspecified atom stereocenters. The Morgan fingerprint density at radius 2 is 1.71 bits per heavy atom. The molecule has 35 heavy (non-hydrogen) atoms. The van der Waals surface area contributed by atoms with Crippen molar-refractivity contribution in [3.8, 4) is 0 Å². The van der Waals surface area contributed by atoms with E-state index < -0.39 is 0 Å². The van der Waals surface area contributed by atoms with E-state index in [1.165, 1.54) is 10.9 Å². The summed E-state index contributed by atoms with van der Waals surface area (Å²) in [5, 5.41) is 1.20. The van der Waals surface area contributed by atoms with Crippen LogP contribution in [-0.4, -0.2) is 60.3 Å². The minimum atomic E-state index is 0.0200. The maximum Gasteiger partial charge on any atom is 0.242 e. The van der Waals surface area contributed by atoms with Crippen molar-refractivity contribution in [2.45, 2.75) is 45.6 Å². The Morgan fingerprint density at radius 3 is 2.40 bits per heavy atom. The smallest absolute Gasteiger partial charge is 0.242 e. The van der Waals surface area contributed by atoms with E-state index in [-0.39, 0.29) is 24.3 Å². The molecular formula is C29H38N4O2. The van der Waals surface area contributed by atoms with Gasteiger partial charge in [0, 0.05) is 62.4 Å². The van der Waals surface area contributed by atoms with Crippen LogP contribution in [0, 0.1) is 5.92 Å². The zero-order valence-corrected chi connectivity index (χ0v) is 21.3. The quantitative estimate of drug-likeness (QED) is 0.408. The number of hydrogen-bond donors (Lipinski definition) is 1. The van der Waals surface area contributed by atoms with E-state index in [2.05, 4.69) is 53.2 Å². The highest BCUT2D eigenvalue weighted by Crippen LogP contribution is 2.31. The lowest BCUT2D eigenvalue weighted by Crippen LogP contribution is -2.44. The second kappa shape index (κ2) is 11.4. The average Bonchev–Trinajstić information content (AvgIpc) is 3.64. The number of carbonyl (C=O) groups excluding carboxylic acids is 2. The lowest BCUT2D eigenvalue weighted by Gasteiger charge is -2.28. The molecule has 1 aromatic heterocycles. The van der Waals surface area contributed by atoms with Crippen molar-refractivity contribution in [1.82, 2.24) is 14.8 Å². The topological polar surface area (TPSA) is 59.7 Å². The number of benzene rings is 2. The predicted molar refractivity (Wildman–Crippen MR) is 142 cm³/mol. The maximum atomic E-state index is 13.6. The number of rotatable bonds is 12. The number of nitrogens with one attached hydrogen (secondary N) is 1. The molecule has 6 nitrogen and oxygen atoms in total. The van der Waals surface area contributed by atoms with Gasteiger partial charge in [0.1, 0.15) is 0 Å². The fourth-order valence-electron chi connectivity index (χ4n) is 4.47. The first-order chi connectivity index (χ1) is 17.0. The van der Waals surface area contributed by atoms with Gasteiger partial charge in [-0.3, -0.25) is 9.59 Å². The number of aromatic nitrogens is 1. The lowest BCUT2D eigenvalue weighted by atomic mass is 10.1. The van der Waals surface area contributed by atoms with Crippen molar-refractivity contribution < 1.29 is 9.59 Å². The van der Waals surface area contributed by atoms with Gasteiger partial charge in [0.05, 0.1) is 6.54 Å². The van der Waals surface area contributed by atoms with Gasteiger partial charge in [-0.25, -0.2) is 0 Å². The first-order valence-electron chi connectivity index (χ1n) is 12.8. The summed E-state index contributed by atoms with van der Waals surface area (Å²) < 4.78 is 0. The predicted octanol–water partition coefficient (Wildman–Crippen LogP) is 4.84. The van der Waals surface area contributed by atoms with Crippen LogP contribution >= 0.6 is 0 Å². The monoisotopic (exact) mass is 474 g/mol. The first-order valence-corrected chi connectivity index (χ1v) is 12.8. The number of anilines is 1. The summed E-state index contributed by atoms with van der Waals surface area (Å²) in [6.07, 6.45) is 6.65. The second-order valence-electron chi connectivity index (χ2n) is 9.87. The fourth-order valence-corrected chi connectivity index (χ4v) is 4.47. The van der Waals surface area contributed by atoms with Crippen LogP contribution in [0.25, 0.3) is 10.9 Å². The molecule has 0 spiro atoms. The Hall–Kier alpha value is -3.28. The molecule has 1 N–H and O–H groups in total. The molecule has 2 amide bonds. The van der Waals surface area contributed by atoms with E-state index in [9.17, 15) is 9.59 Å². The third-order valence-electron chi connectivity index (χ3n) is 6.85. The highest BCUT2D eigenvalue weighted by atomic mass is 16.2. The number of H-pyrrole nitrogens is 1. The summed E-state index contributed by atoms with van der Waals surface area (Å²) in [6.45, 7) is 4.08. The molecule has 0 saturated heterocycles. The summed E-state index contributed by atoms with van der Waals surface area (Å²) in [4.78, 5) is 35.6. The molecule has 0 aliphatic heterocycles. The summed E-state index contributed by atoms with van der Waals surface area (Å²) in [6, 6.07) is 16.6. The molecule has 1 aliphatic carbocycles. The number of unbranched alkanes of at least 4 members (excludes halogenated alkanes) is 1. The summed E-state index contributed by atoms with van der Waals surface area (Å²) in [7, 11) is 4.04. The third kappa shape index (κ3) is 6.44. The first kappa shape index (κ1) is 24.8. The van der Waals surface area contributed by atoms with Crippen molar-refractivity contribution >= 4 is 28.4 Å². The molecular weight excluding hydrogens is 436 g/mol. The Bertz CT molecular complexity index is 1130. The van der Waals surface area contributed by atoms with Crippen molar-refractivity contribution in [2.24, 2.45) is 5.92 Å². The summed E-state index contributed by atoms with van der Waals surface area (Å²) in [5.74, 6) is 0.295. The van der Waals surface area contributed by atoms with E-state index in [4.69, 9.17) is 0 Å². The van der Waals surface area contributed by atoms with E-state index in [0.717, 1.165) is 48.9 Å². The Balaban J connectivity index is 1.50. The molecule has 2 aromatic carbocycles. The zero-order chi connectivity index (χ0) is 24.8. The number of amides is 2. The molecule has 0 radical (unpaired) electrons. The second-order valence-corrected chi connectivity index (χ2v) is 9.87. The Labute approximate surface area is 208 Å². The average molecular weight is 475 g/mol. The molecule has 0 bridgehead atoms. The van der Waals surface area contributed by atoms with Crippen LogP contribution in [0.3, 0.4) is 0 Å². The normalized spacial score (nSPS) is 13.1. The largest absolute Gasteiger partial charge is 0.378 e. The van der Waals surface area contributed by atoms with Crippen LogP contribution in [0.1, 0.15) is 43.7 Å². The van der Waals surface area contributed by atoms with Crippen LogP contribution in [0.5, 0.6) is 0 Å². The van der Waals surface area contributed by atoms with Gasteiger partial charge in [-0.15, -0.1) is 0 Å². The molecule has 3 aromatic rings. The third-order valence-corrected chi connectivity index (χ3v) is 6.85. The van der Waals surface area contributed by atoms with Crippen LogP contribution in [0.15, 0.2) is 54.7 Å². The minimum absolute atomic E-state index is 0.0200. The van der Waals surface area contributed by atoms with Crippen LogP contribution < -0.4 is 4.90 Å². The van der Waals surface area contributed by atoms with Gasteiger partial charge in [0.25, 0.3) is 0 Å². The van der Waals surface area contributed by atoms with E-state index >= 15 is 0 Å². The van der Waals surface area contributed by atoms with Gasteiger partial charge >= 0.3 is 0 Å². The highest BCUT2D eigenvalue weighted by molar-refractivity contribution is 5.87. The Morgan fingerprint density at radius 1 is 0.971 bits per heavy atom. The van der Waals surface area contributed by atoms with Crippen molar-refractivity contribution in [2.75, 3.05) is 38.6 Å². The molecule has 1 fully saturated rings. The Kier molecular flexibility index (Phi) is 8.11. The number of nitrogens with zero attached hydrogens (tertiary/aromatic N) is 3. The summed E-state index contributed by atoms with van der Waals surface area (Å²) in [5.41, 5.74) is 4.54. The number of hydrogen-bond acceptors (Lipinski definition) is 3. The molecule has 1 saturated carbocycles. The highest BCUT2D eigenvalue weighted by Gasteiger charge is 2.34. The van der Waals surface area contributed by atoms with Crippen LogP contribution in [0.4, 0.5) is 5.69 Å². The number of fused-ring (bicyclic) bond motifs is 1. The molecule has 0 atom stereocenters. The number of aromatic amines is 1. The van der Waals surface area contributed by atoms with Gasteiger partial charge in [0.2, 0.25) is 11.8 Å². The van der Waals surface area contributed by atoms with Crippen LogP contribution in [-0.2, 0) is 22.6 Å². The van der Waals surface area contributed by atoms with Gasteiger partial charge in [-0.05, 0) is 55.0 Å². The lowest BCUT2D eigenvalue weighted by molar-refractivity contribution is -0.141. The summed E-state index contributed by atoms with van der Waals surface area (Å²) >= 11 is 0. The standard InChI is InChI=1S/C29H38N4O2/c1-4-5-17-33(29(35)23-12-13-23)21-28(34)32(20-22-10-14-25(15-11-22)31(2)3)18-16-24-19-30-27-9-7-6-8-26(24)27/h6-11,14-15,19,23,30H,4-5,12-13,16-18,20-21H2,1-3H3. The molecule has 1 aliphatic rings. The van der Waals surface area contributed by atoms with Gasteiger partial charge in [-0.2, -0.15) is 0 Å². The van der Waals surface area contributed by atoms with Gasteiger partial charge < -0.3 is 19.7 Å². The van der Waals surface area contributed by atoms with Crippen molar-refractivity contribution in [3.63, 3.8) is 0 Å². The van der Waals surface area contributed by atoms with Gasteiger partial charge in [0.15, 0.2) is 0 Å². The molecule has 186 valence electrons. The van der Waals surface area contributed by atoms with E-state index in [1.807, 2.05) is 37.3 Å². The zero-order valence-electron chi connectivity index (χ0n) is 21.3. The van der Waals surface area contributed by atoms with Crippen LogP contribution in [0.2, 0.25) is 0 Å². The van der Waals surface area contributed by atoms with Gasteiger partial charge in [-0.1, -0.05) is 43.7 Å². The molecule has 1 heterocycles. The van der Waals surface area contributed by atoms with E-state index in [0.29, 0.717) is 19.6 Å². The maximum absolute atomic E-state index is 13.6. The minimum Gasteiger partial charge on any atom is -0.378 e. The molecule has 6 heteroatoms. The fraction of sp³-hybridized carbons (Fsp3) is 0.448. The number of carbonyl (C=O) groups is 2. The van der Waals surface area contributed by atoms with E-state index in [1.54, 1.807) is 4.90 Å². The molecule has 4 rings (SSSR count).